The van der Waals surface area contributed by atoms with Crippen molar-refractivity contribution in [3.63, 3.8) is 0 Å². The Hall–Kier alpha value is -0.850. The highest BCUT2D eigenvalue weighted by Gasteiger charge is 2.18. The first-order chi connectivity index (χ1) is 8.44. The number of benzene rings is 1. The molecule has 2 nitrogen and oxygen atoms in total. The van der Waals surface area contributed by atoms with Crippen molar-refractivity contribution in [3.05, 3.63) is 34.3 Å². The van der Waals surface area contributed by atoms with Gasteiger partial charge in [0, 0.05) is 23.5 Å². The molecule has 1 rings (SSSR count). The highest BCUT2D eigenvalue weighted by atomic mass is 79.9. The Morgan fingerprint density at radius 3 is 2.78 bits per heavy atom. The zero-order valence-electron chi connectivity index (χ0n) is 11.3. The summed E-state index contributed by atoms with van der Waals surface area (Å²) in [6, 6.07) is 10.9. The van der Waals surface area contributed by atoms with Crippen molar-refractivity contribution in [1.82, 2.24) is 5.32 Å². The van der Waals surface area contributed by atoms with Crippen LogP contribution in [0.3, 0.4) is 0 Å². The standard InChI is InChI=1S/C15H21BrN2/c1-12(13-6-4-7-14(16)10-13)18-11-15(2,3)8-5-9-17/h4,6-7,10,12,18H,5,8,11H2,1-3H3/t12-/m1/s1. The van der Waals surface area contributed by atoms with Crippen LogP contribution in [0.4, 0.5) is 0 Å². The van der Waals surface area contributed by atoms with Crippen LogP contribution in [0.15, 0.2) is 28.7 Å². The molecule has 1 N–H and O–H groups in total. The number of nitrogens with one attached hydrogen (secondary N) is 1. The Labute approximate surface area is 119 Å². The fraction of sp³-hybridized carbons (Fsp3) is 0.533. The summed E-state index contributed by atoms with van der Waals surface area (Å²) in [6.45, 7) is 7.49. The second kappa shape index (κ2) is 6.92. The molecule has 18 heavy (non-hydrogen) atoms. The lowest BCUT2D eigenvalue weighted by Crippen LogP contribution is -2.31. The molecule has 3 heteroatoms. The van der Waals surface area contributed by atoms with Crippen LogP contribution < -0.4 is 5.32 Å². The van der Waals surface area contributed by atoms with Gasteiger partial charge in [-0.1, -0.05) is 41.9 Å². The van der Waals surface area contributed by atoms with Gasteiger partial charge in [-0.3, -0.25) is 0 Å². The van der Waals surface area contributed by atoms with Gasteiger partial charge in [0.05, 0.1) is 6.07 Å². The molecule has 0 unspecified atom stereocenters. The average Bonchev–Trinajstić information content (AvgIpc) is 2.34. The lowest BCUT2D eigenvalue weighted by Gasteiger charge is -2.26. The third-order valence-corrected chi connectivity index (χ3v) is 3.64. The molecule has 0 aliphatic carbocycles. The predicted octanol–water partition coefficient (Wildman–Crippen LogP) is 4.43. The second-order valence-electron chi connectivity index (χ2n) is 5.48. The fourth-order valence-corrected chi connectivity index (χ4v) is 2.22. The van der Waals surface area contributed by atoms with Crippen LogP contribution in [-0.2, 0) is 0 Å². The van der Waals surface area contributed by atoms with Crippen molar-refractivity contribution in [1.29, 1.82) is 5.26 Å². The van der Waals surface area contributed by atoms with E-state index in [-0.39, 0.29) is 5.41 Å². The van der Waals surface area contributed by atoms with Crippen molar-refractivity contribution in [2.75, 3.05) is 6.54 Å². The number of nitrogens with zero attached hydrogens (tertiary/aromatic N) is 1. The van der Waals surface area contributed by atoms with E-state index >= 15 is 0 Å². The number of halogens is 1. The minimum absolute atomic E-state index is 0.163. The van der Waals surface area contributed by atoms with Crippen molar-refractivity contribution in [2.24, 2.45) is 5.41 Å². The first kappa shape index (κ1) is 15.2. The van der Waals surface area contributed by atoms with Gasteiger partial charge in [-0.2, -0.15) is 5.26 Å². The molecule has 0 heterocycles. The molecule has 0 radical (unpaired) electrons. The summed E-state index contributed by atoms with van der Waals surface area (Å²) in [5.74, 6) is 0. The Morgan fingerprint density at radius 2 is 2.17 bits per heavy atom. The SMILES string of the molecule is C[C@@H](NCC(C)(C)CCC#N)c1cccc(Br)c1. The molecule has 1 aromatic rings. The summed E-state index contributed by atoms with van der Waals surface area (Å²) in [6.07, 6.45) is 1.56. The summed E-state index contributed by atoms with van der Waals surface area (Å²) < 4.78 is 1.11. The largest absolute Gasteiger partial charge is 0.310 e. The monoisotopic (exact) mass is 308 g/mol. The normalized spacial score (nSPS) is 13.1. The maximum Gasteiger partial charge on any atom is 0.0621 e. The van der Waals surface area contributed by atoms with Crippen LogP contribution in [0.2, 0.25) is 0 Å². The van der Waals surface area contributed by atoms with Gasteiger partial charge in [-0.05, 0) is 36.5 Å². The van der Waals surface area contributed by atoms with E-state index in [2.05, 4.69) is 66.3 Å². The third kappa shape index (κ3) is 5.20. The molecule has 0 fully saturated rings. The lowest BCUT2D eigenvalue weighted by molar-refractivity contribution is 0.305. The van der Waals surface area contributed by atoms with Gasteiger partial charge in [0.2, 0.25) is 0 Å². The zero-order chi connectivity index (χ0) is 13.6. The Kier molecular flexibility index (Phi) is 5.84. The quantitative estimate of drug-likeness (QED) is 0.844. The molecule has 0 aliphatic heterocycles. The minimum Gasteiger partial charge on any atom is -0.310 e. The molecule has 0 saturated carbocycles. The summed E-state index contributed by atoms with van der Waals surface area (Å²) in [5, 5.41) is 12.2. The zero-order valence-corrected chi connectivity index (χ0v) is 12.9. The van der Waals surface area contributed by atoms with Crippen molar-refractivity contribution in [2.45, 2.75) is 39.7 Å². The van der Waals surface area contributed by atoms with Gasteiger partial charge < -0.3 is 5.32 Å². The highest BCUT2D eigenvalue weighted by molar-refractivity contribution is 9.10. The molecule has 0 spiro atoms. The van der Waals surface area contributed by atoms with E-state index in [1.165, 1.54) is 5.56 Å². The van der Waals surface area contributed by atoms with Crippen molar-refractivity contribution < 1.29 is 0 Å². The number of hydrogen-bond acceptors (Lipinski definition) is 2. The molecular weight excluding hydrogens is 288 g/mol. The van der Waals surface area contributed by atoms with Crippen LogP contribution in [0, 0.1) is 16.7 Å². The molecule has 0 aromatic heterocycles. The third-order valence-electron chi connectivity index (χ3n) is 3.15. The fourth-order valence-electron chi connectivity index (χ4n) is 1.81. The van der Waals surface area contributed by atoms with Crippen LogP contribution in [0.5, 0.6) is 0 Å². The lowest BCUT2D eigenvalue weighted by atomic mass is 9.87. The van der Waals surface area contributed by atoms with Gasteiger partial charge in [0.15, 0.2) is 0 Å². The maximum absolute atomic E-state index is 8.64. The summed E-state index contributed by atoms with van der Waals surface area (Å²) in [7, 11) is 0. The minimum atomic E-state index is 0.163. The van der Waals surface area contributed by atoms with Gasteiger partial charge >= 0.3 is 0 Å². The first-order valence-electron chi connectivity index (χ1n) is 6.30. The van der Waals surface area contributed by atoms with E-state index in [0.29, 0.717) is 12.5 Å². The molecule has 0 saturated heterocycles. The molecule has 0 bridgehead atoms. The molecule has 0 amide bonds. The first-order valence-corrected chi connectivity index (χ1v) is 7.10. The van der Waals surface area contributed by atoms with Crippen molar-refractivity contribution >= 4 is 15.9 Å². The average molecular weight is 309 g/mol. The van der Waals surface area contributed by atoms with Gasteiger partial charge in [-0.15, -0.1) is 0 Å². The van der Waals surface area contributed by atoms with Gasteiger partial charge in [-0.25, -0.2) is 0 Å². The Bertz CT molecular complexity index is 421. The highest BCUT2D eigenvalue weighted by Crippen LogP contribution is 2.23. The van der Waals surface area contributed by atoms with E-state index in [9.17, 15) is 0 Å². The summed E-state index contributed by atoms with van der Waals surface area (Å²) in [5.41, 5.74) is 1.44. The topological polar surface area (TPSA) is 35.8 Å². The number of hydrogen-bond donors (Lipinski definition) is 1. The van der Waals surface area contributed by atoms with E-state index < -0.39 is 0 Å². The molecule has 0 aliphatic rings. The second-order valence-corrected chi connectivity index (χ2v) is 6.40. The van der Waals surface area contributed by atoms with E-state index in [4.69, 9.17) is 5.26 Å². The van der Waals surface area contributed by atoms with Crippen LogP contribution in [0.1, 0.15) is 45.2 Å². The van der Waals surface area contributed by atoms with Crippen LogP contribution >= 0.6 is 15.9 Å². The molecule has 1 atom stereocenters. The molecular formula is C15H21BrN2. The van der Waals surface area contributed by atoms with Crippen molar-refractivity contribution in [3.8, 4) is 6.07 Å². The van der Waals surface area contributed by atoms with Gasteiger partial charge in [0.25, 0.3) is 0 Å². The summed E-state index contributed by atoms with van der Waals surface area (Å²) in [4.78, 5) is 0. The Morgan fingerprint density at radius 1 is 1.44 bits per heavy atom. The van der Waals surface area contributed by atoms with Crippen LogP contribution in [0.25, 0.3) is 0 Å². The van der Waals surface area contributed by atoms with Gasteiger partial charge in [0.1, 0.15) is 0 Å². The number of nitriles is 1. The Balaban J connectivity index is 2.51. The van der Waals surface area contributed by atoms with E-state index in [1.54, 1.807) is 0 Å². The predicted molar refractivity (Wildman–Crippen MR) is 79.2 cm³/mol. The van der Waals surface area contributed by atoms with E-state index in [0.717, 1.165) is 17.4 Å². The van der Waals surface area contributed by atoms with Crippen LogP contribution in [-0.4, -0.2) is 6.54 Å². The van der Waals surface area contributed by atoms with E-state index in [1.807, 2.05) is 6.07 Å². The number of rotatable bonds is 6. The summed E-state index contributed by atoms with van der Waals surface area (Å²) >= 11 is 3.49. The molecule has 98 valence electrons. The molecule has 1 aromatic carbocycles. The maximum atomic E-state index is 8.64. The smallest absolute Gasteiger partial charge is 0.0621 e.